The lowest BCUT2D eigenvalue weighted by Gasteiger charge is -2.40. The van der Waals surface area contributed by atoms with E-state index in [2.05, 4.69) is 13.2 Å². The first-order valence-corrected chi connectivity index (χ1v) is 5.73. The molecule has 1 aliphatic rings. The summed E-state index contributed by atoms with van der Waals surface area (Å²) in [6.07, 6.45) is -5.55. The minimum Gasteiger partial charge on any atom is -0.452 e. The molecule has 1 heterocycles. The molecule has 5 atom stereocenters. The van der Waals surface area contributed by atoms with E-state index in [9.17, 15) is 19.8 Å². The highest BCUT2D eigenvalue weighted by Gasteiger charge is 2.48. The number of rotatable bonds is 5. The van der Waals surface area contributed by atoms with Gasteiger partial charge in [-0.15, -0.1) is 0 Å². The lowest BCUT2D eigenvalue weighted by molar-refractivity contribution is -0.292. The molecule has 0 bridgehead atoms. The second kappa shape index (κ2) is 7.15. The van der Waals surface area contributed by atoms with Crippen molar-refractivity contribution in [2.45, 2.75) is 30.7 Å². The molecular weight excluding hydrogens is 272 g/mol. The summed E-state index contributed by atoms with van der Waals surface area (Å²) >= 11 is 0. The van der Waals surface area contributed by atoms with Crippen molar-refractivity contribution in [3.63, 3.8) is 0 Å². The third-order valence-electron chi connectivity index (χ3n) is 2.65. The second-order valence-electron chi connectivity index (χ2n) is 3.95. The zero-order valence-electron chi connectivity index (χ0n) is 10.5. The first-order valence-electron chi connectivity index (χ1n) is 5.73. The van der Waals surface area contributed by atoms with Crippen LogP contribution < -0.4 is 0 Å². The Hall–Kier alpha value is -1.74. The van der Waals surface area contributed by atoms with Crippen molar-refractivity contribution < 1.29 is 39.1 Å². The zero-order chi connectivity index (χ0) is 15.3. The van der Waals surface area contributed by atoms with Crippen molar-refractivity contribution in [2.75, 3.05) is 6.61 Å². The molecule has 0 amide bonds. The highest BCUT2D eigenvalue weighted by atomic mass is 16.7. The Balaban J connectivity index is 2.95. The monoisotopic (exact) mass is 288 g/mol. The average molecular weight is 288 g/mol. The molecular formula is C12H16O8. The van der Waals surface area contributed by atoms with Crippen LogP contribution in [-0.2, 0) is 23.8 Å². The summed E-state index contributed by atoms with van der Waals surface area (Å²) < 4.78 is 14.5. The van der Waals surface area contributed by atoms with Gasteiger partial charge in [-0.3, -0.25) is 0 Å². The van der Waals surface area contributed by atoms with Crippen LogP contribution in [0, 0.1) is 0 Å². The van der Waals surface area contributed by atoms with Gasteiger partial charge in [-0.2, -0.15) is 0 Å². The van der Waals surface area contributed by atoms with E-state index in [1.54, 1.807) is 0 Å². The van der Waals surface area contributed by atoms with Gasteiger partial charge in [-0.25, -0.2) is 9.59 Å². The number of carbonyl (C=O) groups excluding carboxylic acids is 2. The van der Waals surface area contributed by atoms with Crippen LogP contribution in [-0.4, -0.2) is 64.6 Å². The Kier molecular flexibility index (Phi) is 5.83. The van der Waals surface area contributed by atoms with E-state index < -0.39 is 49.3 Å². The SMILES string of the molecule is C=CC(=O)OC1C(OC(=O)C=C)[C@H](O)OC(CO)[C@H]1O. The maximum absolute atomic E-state index is 11.2. The summed E-state index contributed by atoms with van der Waals surface area (Å²) in [5.74, 6) is -1.79. The van der Waals surface area contributed by atoms with Gasteiger partial charge in [0.2, 0.25) is 0 Å². The summed E-state index contributed by atoms with van der Waals surface area (Å²) in [5, 5.41) is 28.7. The van der Waals surface area contributed by atoms with Crippen LogP contribution in [0.2, 0.25) is 0 Å². The van der Waals surface area contributed by atoms with Gasteiger partial charge in [0.25, 0.3) is 0 Å². The highest BCUT2D eigenvalue weighted by molar-refractivity contribution is 5.82. The number of carbonyl (C=O) groups is 2. The topological polar surface area (TPSA) is 123 Å². The Bertz CT molecular complexity index is 393. The number of aliphatic hydroxyl groups excluding tert-OH is 3. The molecule has 8 heteroatoms. The van der Waals surface area contributed by atoms with Gasteiger partial charge in [0, 0.05) is 12.2 Å². The zero-order valence-corrected chi connectivity index (χ0v) is 10.5. The molecule has 3 unspecified atom stereocenters. The maximum Gasteiger partial charge on any atom is 0.330 e. The van der Waals surface area contributed by atoms with Crippen LogP contribution in [0.25, 0.3) is 0 Å². The maximum atomic E-state index is 11.2. The van der Waals surface area contributed by atoms with Crippen LogP contribution >= 0.6 is 0 Å². The largest absolute Gasteiger partial charge is 0.452 e. The molecule has 0 aromatic heterocycles. The van der Waals surface area contributed by atoms with Crippen LogP contribution in [0.3, 0.4) is 0 Å². The summed E-state index contributed by atoms with van der Waals surface area (Å²) in [6.45, 7) is 5.75. The Labute approximate surface area is 114 Å². The molecule has 0 aromatic rings. The molecule has 1 rings (SSSR count). The van der Waals surface area contributed by atoms with E-state index in [0.29, 0.717) is 0 Å². The van der Waals surface area contributed by atoms with Gasteiger partial charge in [-0.05, 0) is 0 Å². The molecule has 0 radical (unpaired) electrons. The fourth-order valence-corrected chi connectivity index (χ4v) is 1.68. The van der Waals surface area contributed by atoms with Gasteiger partial charge in [-0.1, -0.05) is 13.2 Å². The number of hydrogen-bond donors (Lipinski definition) is 3. The molecule has 112 valence electrons. The van der Waals surface area contributed by atoms with Crippen molar-refractivity contribution in [1.82, 2.24) is 0 Å². The molecule has 1 saturated heterocycles. The molecule has 0 saturated carbocycles. The van der Waals surface area contributed by atoms with Crippen LogP contribution in [0.4, 0.5) is 0 Å². The molecule has 0 aromatic carbocycles. The van der Waals surface area contributed by atoms with Crippen molar-refractivity contribution in [1.29, 1.82) is 0 Å². The van der Waals surface area contributed by atoms with Gasteiger partial charge >= 0.3 is 11.9 Å². The Morgan fingerprint density at radius 3 is 2.05 bits per heavy atom. The van der Waals surface area contributed by atoms with Crippen LogP contribution in [0.15, 0.2) is 25.3 Å². The number of aliphatic hydroxyl groups is 3. The minimum atomic E-state index is -1.68. The lowest BCUT2D eigenvalue weighted by Crippen LogP contribution is -2.61. The Morgan fingerprint density at radius 1 is 1.10 bits per heavy atom. The third-order valence-corrected chi connectivity index (χ3v) is 2.65. The number of ether oxygens (including phenoxy) is 3. The lowest BCUT2D eigenvalue weighted by atomic mass is 9.99. The van der Waals surface area contributed by atoms with Gasteiger partial charge in [0.15, 0.2) is 18.5 Å². The first kappa shape index (κ1) is 16.3. The van der Waals surface area contributed by atoms with E-state index in [1.807, 2.05) is 0 Å². The van der Waals surface area contributed by atoms with Crippen molar-refractivity contribution in [2.24, 2.45) is 0 Å². The van der Waals surface area contributed by atoms with E-state index in [4.69, 9.17) is 19.3 Å². The predicted molar refractivity (Wildman–Crippen MR) is 64.1 cm³/mol. The quantitative estimate of drug-likeness (QED) is 0.402. The standard InChI is InChI=1S/C12H16O8/c1-3-7(14)19-10-9(16)6(5-13)18-12(17)11(10)20-8(15)4-2/h3-4,6,9-13,16-17H,1-2,5H2/t6?,9-,10?,11?,12-/m1/s1. The highest BCUT2D eigenvalue weighted by Crippen LogP contribution is 2.25. The smallest absolute Gasteiger partial charge is 0.330 e. The van der Waals surface area contributed by atoms with Crippen molar-refractivity contribution in [3.8, 4) is 0 Å². The van der Waals surface area contributed by atoms with Gasteiger partial charge < -0.3 is 29.5 Å². The average Bonchev–Trinajstić information content (AvgIpc) is 2.45. The molecule has 8 nitrogen and oxygen atoms in total. The molecule has 1 fully saturated rings. The van der Waals surface area contributed by atoms with E-state index in [-0.39, 0.29) is 0 Å². The molecule has 0 spiro atoms. The van der Waals surface area contributed by atoms with Gasteiger partial charge in [0.1, 0.15) is 12.2 Å². The fraction of sp³-hybridized carbons (Fsp3) is 0.500. The van der Waals surface area contributed by atoms with Crippen molar-refractivity contribution in [3.05, 3.63) is 25.3 Å². The number of esters is 2. The summed E-state index contributed by atoms with van der Waals surface area (Å²) in [4.78, 5) is 22.4. The minimum absolute atomic E-state index is 0.623. The van der Waals surface area contributed by atoms with Crippen LogP contribution in [0.5, 0.6) is 0 Å². The Morgan fingerprint density at radius 2 is 1.60 bits per heavy atom. The normalized spacial score (nSPS) is 33.0. The van der Waals surface area contributed by atoms with E-state index in [1.165, 1.54) is 0 Å². The predicted octanol–water partition coefficient (Wildman–Crippen LogP) is -1.75. The number of hydrogen-bond acceptors (Lipinski definition) is 8. The van der Waals surface area contributed by atoms with Crippen LogP contribution in [0.1, 0.15) is 0 Å². The van der Waals surface area contributed by atoms with E-state index >= 15 is 0 Å². The first-order chi connectivity index (χ1) is 9.44. The molecule has 1 aliphatic heterocycles. The third kappa shape index (κ3) is 3.64. The molecule has 20 heavy (non-hydrogen) atoms. The molecule has 3 N–H and O–H groups in total. The summed E-state index contributed by atoms with van der Waals surface area (Å²) in [6, 6.07) is 0. The summed E-state index contributed by atoms with van der Waals surface area (Å²) in [5.41, 5.74) is 0. The molecule has 0 aliphatic carbocycles. The van der Waals surface area contributed by atoms with Gasteiger partial charge in [0.05, 0.1) is 6.61 Å². The van der Waals surface area contributed by atoms with E-state index in [0.717, 1.165) is 12.2 Å². The summed E-state index contributed by atoms with van der Waals surface area (Å²) in [7, 11) is 0. The van der Waals surface area contributed by atoms with Crippen molar-refractivity contribution >= 4 is 11.9 Å². The fourth-order valence-electron chi connectivity index (χ4n) is 1.68. The second-order valence-corrected chi connectivity index (χ2v) is 3.95.